The van der Waals surface area contributed by atoms with Crippen molar-refractivity contribution in [2.45, 2.75) is 44.2 Å². The third-order valence-corrected chi connectivity index (χ3v) is 4.50. The van der Waals surface area contributed by atoms with E-state index in [0.717, 1.165) is 43.7 Å². The fourth-order valence-corrected chi connectivity index (χ4v) is 3.21. The van der Waals surface area contributed by atoms with Crippen LogP contribution in [0.25, 0.3) is 0 Å². The van der Waals surface area contributed by atoms with Crippen LogP contribution in [-0.4, -0.2) is 40.3 Å². The van der Waals surface area contributed by atoms with Gasteiger partial charge in [-0.25, -0.2) is 0 Å². The zero-order chi connectivity index (χ0) is 11.4. The molecule has 5 heteroatoms. The highest BCUT2D eigenvalue weighted by atomic mass is 32.2. The van der Waals surface area contributed by atoms with E-state index in [0.29, 0.717) is 18.5 Å². The Balaban J connectivity index is 1.53. The summed E-state index contributed by atoms with van der Waals surface area (Å²) in [5.74, 6) is 1.78. The molecule has 16 heavy (non-hydrogen) atoms. The zero-order valence-corrected chi connectivity index (χ0v) is 10.4. The van der Waals surface area contributed by atoms with Gasteiger partial charge >= 0.3 is 0 Å². The van der Waals surface area contributed by atoms with Gasteiger partial charge in [0, 0.05) is 47.4 Å². The van der Waals surface area contributed by atoms with Crippen molar-refractivity contribution >= 4 is 16.7 Å². The summed E-state index contributed by atoms with van der Waals surface area (Å²) in [7, 11) is -0.594. The number of rotatable bonds is 5. The van der Waals surface area contributed by atoms with Crippen molar-refractivity contribution in [3.05, 3.63) is 0 Å². The molecule has 0 aromatic carbocycles. The van der Waals surface area contributed by atoms with Gasteiger partial charge in [0.1, 0.15) is 0 Å². The molecular formula is C11H20N2O2S. The van der Waals surface area contributed by atoms with Crippen LogP contribution in [0.3, 0.4) is 0 Å². The number of hydrogen-bond acceptors (Lipinski definition) is 3. The summed E-state index contributed by atoms with van der Waals surface area (Å²) in [4.78, 5) is 11.4. The number of amides is 1. The number of nitrogens with one attached hydrogen (secondary N) is 2. The first-order valence-corrected chi connectivity index (χ1v) is 7.60. The molecule has 1 aliphatic heterocycles. The maximum atomic E-state index is 11.4. The molecule has 0 radical (unpaired) electrons. The Morgan fingerprint density at radius 3 is 2.44 bits per heavy atom. The van der Waals surface area contributed by atoms with Gasteiger partial charge in [-0.3, -0.25) is 9.00 Å². The molecule has 0 unspecified atom stereocenters. The SMILES string of the molecule is O=C(CCNC1CCS(=O)CC1)NC1CC1. The van der Waals surface area contributed by atoms with Crippen molar-refractivity contribution in [2.24, 2.45) is 0 Å². The van der Waals surface area contributed by atoms with Crippen molar-refractivity contribution in [1.82, 2.24) is 10.6 Å². The van der Waals surface area contributed by atoms with Gasteiger partial charge in [-0.15, -0.1) is 0 Å². The predicted molar refractivity (Wildman–Crippen MR) is 64.7 cm³/mol. The summed E-state index contributed by atoms with van der Waals surface area (Å²) < 4.78 is 11.1. The zero-order valence-electron chi connectivity index (χ0n) is 9.54. The van der Waals surface area contributed by atoms with Gasteiger partial charge in [-0.1, -0.05) is 0 Å². The summed E-state index contributed by atoms with van der Waals surface area (Å²) in [6, 6.07) is 0.927. The lowest BCUT2D eigenvalue weighted by Crippen LogP contribution is -2.38. The van der Waals surface area contributed by atoms with E-state index in [1.54, 1.807) is 0 Å². The van der Waals surface area contributed by atoms with Crippen LogP contribution in [0.15, 0.2) is 0 Å². The van der Waals surface area contributed by atoms with Crippen molar-refractivity contribution in [3.63, 3.8) is 0 Å². The van der Waals surface area contributed by atoms with E-state index >= 15 is 0 Å². The monoisotopic (exact) mass is 244 g/mol. The minimum atomic E-state index is -0.594. The minimum Gasteiger partial charge on any atom is -0.353 e. The summed E-state index contributed by atoms with van der Waals surface area (Å²) >= 11 is 0. The van der Waals surface area contributed by atoms with Gasteiger partial charge < -0.3 is 10.6 Å². The first kappa shape index (κ1) is 12.0. The normalized spacial score (nSPS) is 30.0. The molecule has 0 aromatic heterocycles. The number of hydrogen-bond donors (Lipinski definition) is 2. The molecule has 0 aromatic rings. The lowest BCUT2D eigenvalue weighted by Gasteiger charge is -2.22. The maximum Gasteiger partial charge on any atom is 0.221 e. The predicted octanol–water partition coefficient (Wildman–Crippen LogP) is 0.156. The Morgan fingerprint density at radius 2 is 1.81 bits per heavy atom. The van der Waals surface area contributed by atoms with Crippen molar-refractivity contribution in [3.8, 4) is 0 Å². The van der Waals surface area contributed by atoms with Gasteiger partial charge in [0.05, 0.1) is 0 Å². The lowest BCUT2D eigenvalue weighted by molar-refractivity contribution is -0.121. The summed E-state index contributed by atoms with van der Waals surface area (Å²) in [5, 5.41) is 6.34. The van der Waals surface area contributed by atoms with Crippen LogP contribution in [0.5, 0.6) is 0 Å². The van der Waals surface area contributed by atoms with Crippen LogP contribution >= 0.6 is 0 Å². The van der Waals surface area contributed by atoms with Crippen LogP contribution < -0.4 is 10.6 Å². The molecule has 1 saturated carbocycles. The average Bonchev–Trinajstić information content (AvgIpc) is 3.05. The maximum absolute atomic E-state index is 11.4. The third kappa shape index (κ3) is 4.22. The Bertz CT molecular complexity index is 269. The second-order valence-electron chi connectivity index (χ2n) is 4.67. The summed E-state index contributed by atoms with van der Waals surface area (Å²) in [6.45, 7) is 0.746. The van der Waals surface area contributed by atoms with E-state index in [1.807, 2.05) is 0 Å². The Hall–Kier alpha value is -0.420. The standard InChI is InChI=1S/C11H20N2O2S/c14-11(13-10-1-2-10)3-6-12-9-4-7-16(15)8-5-9/h9-10,12H,1-8H2,(H,13,14). The highest BCUT2D eigenvalue weighted by molar-refractivity contribution is 7.85. The number of carbonyl (C=O) groups is 1. The van der Waals surface area contributed by atoms with Gasteiger partial charge in [-0.2, -0.15) is 0 Å². The summed E-state index contributed by atoms with van der Waals surface area (Å²) in [6.07, 6.45) is 4.82. The number of carbonyl (C=O) groups excluding carboxylic acids is 1. The van der Waals surface area contributed by atoms with Gasteiger partial charge in [0.25, 0.3) is 0 Å². The van der Waals surface area contributed by atoms with E-state index in [2.05, 4.69) is 10.6 Å². The third-order valence-electron chi connectivity index (χ3n) is 3.12. The van der Waals surface area contributed by atoms with Gasteiger partial charge in [0.2, 0.25) is 5.91 Å². The molecule has 0 atom stereocenters. The molecule has 1 heterocycles. The molecule has 1 amide bonds. The van der Waals surface area contributed by atoms with E-state index in [9.17, 15) is 9.00 Å². The summed E-state index contributed by atoms with van der Waals surface area (Å²) in [5.41, 5.74) is 0. The molecule has 2 N–H and O–H groups in total. The fourth-order valence-electron chi connectivity index (χ4n) is 1.92. The quantitative estimate of drug-likeness (QED) is 0.724. The van der Waals surface area contributed by atoms with Gasteiger partial charge in [-0.05, 0) is 25.7 Å². The Labute approximate surface area is 99.0 Å². The average molecular weight is 244 g/mol. The Kier molecular flexibility index (Phi) is 4.35. The molecule has 0 bridgehead atoms. The van der Waals surface area contributed by atoms with Crippen molar-refractivity contribution in [1.29, 1.82) is 0 Å². The molecule has 0 spiro atoms. The van der Waals surface area contributed by atoms with Crippen LogP contribution in [-0.2, 0) is 15.6 Å². The molecule has 92 valence electrons. The molecule has 1 saturated heterocycles. The topological polar surface area (TPSA) is 58.2 Å². The smallest absolute Gasteiger partial charge is 0.221 e. The molecular weight excluding hydrogens is 224 g/mol. The Morgan fingerprint density at radius 1 is 1.12 bits per heavy atom. The van der Waals surface area contributed by atoms with Crippen molar-refractivity contribution in [2.75, 3.05) is 18.1 Å². The first-order valence-electron chi connectivity index (χ1n) is 6.12. The van der Waals surface area contributed by atoms with Crippen LogP contribution in [0.1, 0.15) is 32.1 Å². The van der Waals surface area contributed by atoms with Crippen LogP contribution in [0.4, 0.5) is 0 Å². The molecule has 2 fully saturated rings. The van der Waals surface area contributed by atoms with E-state index < -0.39 is 10.8 Å². The molecule has 1 aliphatic carbocycles. The minimum absolute atomic E-state index is 0.161. The van der Waals surface area contributed by atoms with Crippen molar-refractivity contribution < 1.29 is 9.00 Å². The molecule has 2 aliphatic rings. The lowest BCUT2D eigenvalue weighted by atomic mass is 10.1. The largest absolute Gasteiger partial charge is 0.353 e. The highest BCUT2D eigenvalue weighted by Crippen LogP contribution is 2.18. The first-order chi connectivity index (χ1) is 7.74. The van der Waals surface area contributed by atoms with E-state index in [-0.39, 0.29) is 5.91 Å². The molecule has 4 nitrogen and oxygen atoms in total. The highest BCUT2D eigenvalue weighted by Gasteiger charge is 2.23. The van der Waals surface area contributed by atoms with E-state index in [4.69, 9.17) is 0 Å². The van der Waals surface area contributed by atoms with Crippen LogP contribution in [0.2, 0.25) is 0 Å². The fraction of sp³-hybridized carbons (Fsp3) is 0.909. The van der Waals surface area contributed by atoms with Crippen LogP contribution in [0, 0.1) is 0 Å². The second kappa shape index (κ2) is 5.77. The van der Waals surface area contributed by atoms with Gasteiger partial charge in [0.15, 0.2) is 0 Å². The second-order valence-corrected chi connectivity index (χ2v) is 6.36. The molecule has 2 rings (SSSR count). The van der Waals surface area contributed by atoms with E-state index in [1.165, 1.54) is 0 Å².